The molecule has 3 N–H and O–H groups in total. The Kier molecular flexibility index (Phi) is 20.3. The summed E-state index contributed by atoms with van der Waals surface area (Å²) in [5.41, 5.74) is 10.2. The zero-order chi connectivity index (χ0) is 61.9. The molecule has 440 valence electrons. The summed E-state index contributed by atoms with van der Waals surface area (Å²) in [7, 11) is 2.18. The van der Waals surface area contributed by atoms with Gasteiger partial charge in [0.25, 0.3) is 5.91 Å². The fourth-order valence-electron chi connectivity index (χ4n) is 10.5. The highest BCUT2D eigenvalue weighted by Crippen LogP contribution is 2.44. The van der Waals surface area contributed by atoms with E-state index in [0.717, 1.165) is 50.4 Å². The molecule has 2 aromatic heterocycles. The number of carbonyl (C=O) groups is 6. The number of carboxylic acids is 3. The lowest BCUT2D eigenvalue weighted by atomic mass is 10.0. The Bertz CT molecular complexity index is 4160. The number of hydrogen-bond acceptors (Lipinski definition) is 9. The summed E-state index contributed by atoms with van der Waals surface area (Å²) in [6.07, 6.45) is 5.24. The Hall–Kier alpha value is -9.51. The first-order valence-electron chi connectivity index (χ1n) is 27.3. The Morgan fingerprint density at radius 1 is 0.709 bits per heavy atom. The minimum atomic E-state index is -1.04. The number of Topliss-reactive ketones (excluding diaryl/α,β-unsaturated/α-hetero) is 1. The molecule has 2 unspecified atom stereocenters. The fraction of sp³-hybridized carbons (Fsp3) is 0.188. The van der Waals surface area contributed by atoms with Crippen LogP contribution in [-0.4, -0.2) is 84.5 Å². The fourth-order valence-corrected chi connectivity index (χ4v) is 11.2. The van der Waals surface area contributed by atoms with Crippen molar-refractivity contribution < 1.29 is 62.2 Å². The van der Waals surface area contributed by atoms with Crippen LogP contribution in [0.5, 0.6) is 11.5 Å². The highest BCUT2D eigenvalue weighted by atomic mass is 35.5. The summed E-state index contributed by atoms with van der Waals surface area (Å²) in [4.78, 5) is 70.6. The third kappa shape index (κ3) is 14.7. The molecular weight excluding hydrogens is 1140 g/mol. The van der Waals surface area contributed by atoms with Gasteiger partial charge in [-0.2, -0.15) is 0 Å². The molecule has 3 heterocycles. The molecule has 1 aliphatic carbocycles. The van der Waals surface area contributed by atoms with Crippen LogP contribution >= 0.6 is 11.6 Å². The van der Waals surface area contributed by atoms with Crippen molar-refractivity contribution in [2.75, 3.05) is 20.5 Å². The van der Waals surface area contributed by atoms with Gasteiger partial charge in [0, 0.05) is 67.8 Å². The lowest BCUT2D eigenvalue weighted by Crippen LogP contribution is -2.14. The second kappa shape index (κ2) is 27.9. The number of benzene rings is 7. The molecule has 7 aromatic carbocycles. The molecule has 86 heavy (non-hydrogen) atoms. The maximum absolute atomic E-state index is 13.7. The van der Waals surface area contributed by atoms with E-state index >= 15 is 0 Å². The van der Waals surface area contributed by atoms with Gasteiger partial charge in [0.15, 0.2) is 0 Å². The van der Waals surface area contributed by atoms with Crippen molar-refractivity contribution in [2.45, 2.75) is 70.2 Å². The number of methoxy groups -OCH3 is 2. The molecular formula is C69H62ClFN2O12S. The van der Waals surface area contributed by atoms with E-state index in [2.05, 4.69) is 18.2 Å². The van der Waals surface area contributed by atoms with Crippen LogP contribution in [0.3, 0.4) is 0 Å². The summed E-state index contributed by atoms with van der Waals surface area (Å²) < 4.78 is 38.9. The van der Waals surface area contributed by atoms with Crippen LogP contribution in [0.4, 0.5) is 4.39 Å². The first-order valence-corrected chi connectivity index (χ1v) is 29.2. The minimum Gasteiger partial charge on any atom is -0.497 e. The highest BCUT2D eigenvalue weighted by Gasteiger charge is 2.32. The van der Waals surface area contributed by atoms with Gasteiger partial charge < -0.3 is 34.2 Å². The molecule has 0 saturated heterocycles. The first kappa shape index (κ1) is 62.5. The monoisotopic (exact) mass is 1200 g/mol. The molecule has 0 bridgehead atoms. The quantitative estimate of drug-likeness (QED) is 0.0819. The SMILES string of the molecule is CC1=C(CC(=O)O)c2cc(F)ccc2/C1=C\c1ccc(S(C)=O)cc1.COc1ccc2c(c1)c(CC(=O)O)c(C)n2C(=O)c1ccc(Cl)cc1.COc1ccc2cc(CCC(C)=O)ccc2c1.O=C(c1ccccc1)c1ccc2n1CCC2C(=O)O. The molecule has 0 saturated carbocycles. The molecule has 2 aliphatic rings. The average molecular weight is 1200 g/mol. The second-order valence-corrected chi connectivity index (χ2v) is 22.3. The number of allylic oxidation sites excluding steroid dienone is 2. The zero-order valence-electron chi connectivity index (χ0n) is 48.1. The third-order valence-electron chi connectivity index (χ3n) is 14.9. The summed E-state index contributed by atoms with van der Waals surface area (Å²) in [5.74, 6) is -2.18. The van der Waals surface area contributed by atoms with Gasteiger partial charge in [-0.15, -0.1) is 0 Å². The van der Waals surface area contributed by atoms with Gasteiger partial charge in [0.1, 0.15) is 23.1 Å². The Labute approximate surface area is 503 Å². The van der Waals surface area contributed by atoms with Crippen molar-refractivity contribution in [3.05, 3.63) is 236 Å². The van der Waals surface area contributed by atoms with Crippen molar-refractivity contribution in [2.24, 2.45) is 0 Å². The summed E-state index contributed by atoms with van der Waals surface area (Å²) in [6, 6.07) is 48.5. The van der Waals surface area contributed by atoms with E-state index in [1.165, 1.54) is 27.6 Å². The predicted molar refractivity (Wildman–Crippen MR) is 332 cm³/mol. The van der Waals surface area contributed by atoms with E-state index < -0.39 is 34.6 Å². The smallest absolute Gasteiger partial charge is 0.312 e. The lowest BCUT2D eigenvalue weighted by molar-refractivity contribution is -0.139. The Morgan fingerprint density at radius 3 is 2.00 bits per heavy atom. The Balaban J connectivity index is 0.000000151. The van der Waals surface area contributed by atoms with Crippen molar-refractivity contribution >= 4 is 96.7 Å². The number of ketones is 2. The standard InChI is InChI=1S/C20H17FO3S.C19H16ClNO4.C15H13NO3.C15H16O2/c1-12-17(9-13-3-6-15(7-4-13)25(2)24)16-8-5-14(21)10-19(16)18(12)11-20(22)23;1-11-15(10-18(22)23)16-9-14(25-2)7-8-17(16)21(11)19(24)12-3-5-13(20)6-4-12;17-14(10-4-2-1-3-5-10)13-7-6-12-11(15(18)19)8-9-16(12)13;1-11(16)3-4-12-5-6-14-10-15(17-2)8-7-13(14)9-12/h3-10H,11H2,1-2H3,(H,22,23);3-9H,10H2,1-2H3,(H,22,23);1-7,11H,8-9H2,(H,18,19);5-10H,3-4H2,1-2H3/b17-9-;;;. The molecule has 0 spiro atoms. The van der Waals surface area contributed by atoms with E-state index in [4.69, 9.17) is 31.3 Å². The van der Waals surface area contributed by atoms with E-state index in [-0.39, 0.29) is 36.1 Å². The third-order valence-corrected chi connectivity index (χ3v) is 16.1. The van der Waals surface area contributed by atoms with Crippen molar-refractivity contribution in [1.82, 2.24) is 9.13 Å². The molecule has 17 heteroatoms. The van der Waals surface area contributed by atoms with E-state index in [1.807, 2.05) is 66.1 Å². The molecule has 0 fully saturated rings. The van der Waals surface area contributed by atoms with Crippen molar-refractivity contribution in [3.8, 4) is 11.5 Å². The highest BCUT2D eigenvalue weighted by molar-refractivity contribution is 7.84. The normalized spacial score (nSPS) is 13.7. The number of hydrogen-bond donors (Lipinski definition) is 3. The number of aromatic nitrogens is 2. The number of fused-ring (bicyclic) bond motifs is 4. The summed E-state index contributed by atoms with van der Waals surface area (Å²) in [6.45, 7) is 5.83. The number of aryl methyl sites for hydroxylation is 1. The molecule has 11 rings (SSSR count). The maximum Gasteiger partial charge on any atom is 0.312 e. The van der Waals surface area contributed by atoms with Crippen LogP contribution in [0.2, 0.25) is 5.02 Å². The van der Waals surface area contributed by atoms with Crippen LogP contribution in [0.15, 0.2) is 174 Å². The molecule has 0 radical (unpaired) electrons. The van der Waals surface area contributed by atoms with Gasteiger partial charge in [-0.3, -0.25) is 32.7 Å². The second-order valence-electron chi connectivity index (χ2n) is 20.5. The lowest BCUT2D eigenvalue weighted by Gasteiger charge is -2.08. The van der Waals surface area contributed by atoms with Crippen molar-refractivity contribution in [1.29, 1.82) is 0 Å². The minimum absolute atomic E-state index is 0.0575. The van der Waals surface area contributed by atoms with Crippen molar-refractivity contribution in [3.63, 3.8) is 0 Å². The van der Waals surface area contributed by atoms with E-state index in [1.54, 1.807) is 119 Å². The Morgan fingerprint density at radius 2 is 1.36 bits per heavy atom. The van der Waals surface area contributed by atoms with Gasteiger partial charge >= 0.3 is 17.9 Å². The topological polar surface area (TPSA) is 208 Å². The van der Waals surface area contributed by atoms with E-state index in [9.17, 15) is 42.5 Å². The number of aliphatic carboxylic acids is 3. The predicted octanol–water partition coefficient (Wildman–Crippen LogP) is 14.0. The molecule has 9 aromatic rings. The van der Waals surface area contributed by atoms with Crippen LogP contribution in [0.25, 0.3) is 38.9 Å². The van der Waals surface area contributed by atoms with Gasteiger partial charge in [0.05, 0.1) is 44.2 Å². The van der Waals surface area contributed by atoms with Crippen LogP contribution < -0.4 is 9.47 Å². The molecule has 1 aliphatic heterocycles. The van der Waals surface area contributed by atoms with Crippen LogP contribution in [0.1, 0.15) is 105 Å². The number of halogens is 2. The number of rotatable bonds is 15. The maximum atomic E-state index is 13.7. The van der Waals surface area contributed by atoms with Gasteiger partial charge in [-0.1, -0.05) is 84.4 Å². The molecule has 2 atom stereocenters. The number of ether oxygens (including phenoxy) is 2. The van der Waals surface area contributed by atoms with Crippen LogP contribution in [-0.2, 0) is 49.4 Å². The zero-order valence-corrected chi connectivity index (χ0v) is 49.6. The van der Waals surface area contributed by atoms with Gasteiger partial charge in [-0.25, -0.2) is 4.39 Å². The molecule has 14 nitrogen and oxygen atoms in total. The van der Waals surface area contributed by atoms with Gasteiger partial charge in [-0.05, 0) is 186 Å². The summed E-state index contributed by atoms with van der Waals surface area (Å²) >= 11 is 5.89. The summed E-state index contributed by atoms with van der Waals surface area (Å²) in [5, 5.41) is 31.1. The van der Waals surface area contributed by atoms with Crippen LogP contribution in [0, 0.1) is 12.7 Å². The number of carboxylic acid groups (broad SMARTS) is 3. The van der Waals surface area contributed by atoms with Gasteiger partial charge in [0.2, 0.25) is 5.78 Å². The number of nitrogens with zero attached hydrogens (tertiary/aromatic N) is 2. The van der Waals surface area contributed by atoms with E-state index in [0.29, 0.717) is 80.3 Å². The molecule has 0 amide bonds. The average Bonchev–Trinajstić information content (AvgIpc) is 2.33. The first-order chi connectivity index (χ1) is 41.1. The largest absolute Gasteiger partial charge is 0.497 e. The number of carbonyl (C=O) groups excluding carboxylic acids is 3.